The number of hydrogen-bond donors (Lipinski definition) is 1. The minimum absolute atomic E-state index is 0.0889. The van der Waals surface area contributed by atoms with E-state index in [2.05, 4.69) is 10.2 Å². The van der Waals surface area contributed by atoms with Gasteiger partial charge in [-0.3, -0.25) is 9.59 Å². The van der Waals surface area contributed by atoms with Crippen LogP contribution in [-0.4, -0.2) is 43.8 Å². The van der Waals surface area contributed by atoms with E-state index < -0.39 is 0 Å². The largest absolute Gasteiger partial charge is 0.352 e. The first kappa shape index (κ1) is 14.4. The second-order valence-electron chi connectivity index (χ2n) is 4.51. The zero-order chi connectivity index (χ0) is 13.5. The van der Waals surface area contributed by atoms with Gasteiger partial charge in [-0.15, -0.1) is 0 Å². The number of benzene rings is 1. The van der Waals surface area contributed by atoms with Crippen LogP contribution in [0.5, 0.6) is 0 Å². The molecule has 0 radical (unpaired) electrons. The third kappa shape index (κ3) is 4.30. The normalized spacial score (nSPS) is 10.4. The fraction of sp³-hybridized carbons (Fsp3) is 0.429. The maximum absolute atomic E-state index is 11.9. The van der Waals surface area contributed by atoms with Crippen LogP contribution in [0.25, 0.3) is 0 Å². The van der Waals surface area contributed by atoms with E-state index in [-0.39, 0.29) is 11.7 Å². The lowest BCUT2D eigenvalue weighted by Gasteiger charge is -2.11. The molecule has 0 bridgehead atoms. The molecule has 1 aromatic rings. The lowest BCUT2D eigenvalue weighted by Crippen LogP contribution is -2.28. The summed E-state index contributed by atoms with van der Waals surface area (Å²) in [5.74, 6) is -0.270. The van der Waals surface area contributed by atoms with Gasteiger partial charge in [0.15, 0.2) is 5.78 Å². The van der Waals surface area contributed by atoms with Crippen LogP contribution in [0.1, 0.15) is 34.1 Å². The maximum atomic E-state index is 11.9. The molecule has 0 heterocycles. The Morgan fingerprint density at radius 3 is 2.33 bits per heavy atom. The van der Waals surface area contributed by atoms with E-state index in [1.165, 1.54) is 6.92 Å². The van der Waals surface area contributed by atoms with Crippen LogP contribution in [0.3, 0.4) is 0 Å². The third-order valence-electron chi connectivity index (χ3n) is 2.62. The van der Waals surface area contributed by atoms with Crippen molar-refractivity contribution in [3.63, 3.8) is 0 Å². The smallest absolute Gasteiger partial charge is 0.252 e. The van der Waals surface area contributed by atoms with Crippen molar-refractivity contribution in [2.24, 2.45) is 0 Å². The number of ketones is 1. The number of nitrogens with zero attached hydrogens (tertiary/aromatic N) is 1. The Kier molecular flexibility index (Phi) is 5.52. The van der Waals surface area contributed by atoms with E-state index in [1.807, 2.05) is 14.1 Å². The van der Waals surface area contributed by atoms with E-state index in [1.54, 1.807) is 24.3 Å². The SMILES string of the molecule is CC(=O)c1ccccc1C(=O)NCCCN(C)C. The molecule has 18 heavy (non-hydrogen) atoms. The van der Waals surface area contributed by atoms with Gasteiger partial charge in [-0.05, 0) is 40.1 Å². The van der Waals surface area contributed by atoms with Crippen molar-refractivity contribution < 1.29 is 9.59 Å². The average Bonchev–Trinajstić information content (AvgIpc) is 2.34. The van der Waals surface area contributed by atoms with E-state index in [9.17, 15) is 9.59 Å². The molecule has 0 saturated carbocycles. The monoisotopic (exact) mass is 248 g/mol. The summed E-state index contributed by atoms with van der Waals surface area (Å²) in [6, 6.07) is 6.88. The van der Waals surface area contributed by atoms with Gasteiger partial charge >= 0.3 is 0 Å². The fourth-order valence-corrected chi connectivity index (χ4v) is 1.68. The molecule has 0 atom stereocenters. The Hall–Kier alpha value is -1.68. The summed E-state index contributed by atoms with van der Waals surface area (Å²) in [7, 11) is 3.99. The van der Waals surface area contributed by atoms with Crippen molar-refractivity contribution in [2.45, 2.75) is 13.3 Å². The standard InChI is InChI=1S/C14H20N2O2/c1-11(17)12-7-4-5-8-13(12)14(18)15-9-6-10-16(2)3/h4-5,7-8H,6,9-10H2,1-3H3,(H,15,18). The first-order valence-electron chi connectivity index (χ1n) is 6.05. The number of rotatable bonds is 6. The zero-order valence-electron chi connectivity index (χ0n) is 11.2. The van der Waals surface area contributed by atoms with Gasteiger partial charge in [-0.1, -0.05) is 18.2 Å². The summed E-state index contributed by atoms with van der Waals surface area (Å²) in [5, 5.41) is 2.83. The van der Waals surface area contributed by atoms with Crippen molar-refractivity contribution in [1.29, 1.82) is 0 Å². The number of nitrogens with one attached hydrogen (secondary N) is 1. The minimum Gasteiger partial charge on any atom is -0.352 e. The highest BCUT2D eigenvalue weighted by Gasteiger charge is 2.12. The van der Waals surface area contributed by atoms with E-state index in [4.69, 9.17) is 0 Å². The van der Waals surface area contributed by atoms with Crippen molar-refractivity contribution in [3.8, 4) is 0 Å². The molecule has 0 fully saturated rings. The first-order valence-corrected chi connectivity index (χ1v) is 6.05. The molecule has 0 aliphatic carbocycles. The molecule has 0 unspecified atom stereocenters. The lowest BCUT2D eigenvalue weighted by atomic mass is 10.0. The molecule has 0 aromatic heterocycles. The molecule has 0 spiro atoms. The number of Topliss-reactive ketones (excluding diaryl/α,β-unsaturated/α-hetero) is 1. The number of hydrogen-bond acceptors (Lipinski definition) is 3. The molecule has 4 heteroatoms. The zero-order valence-corrected chi connectivity index (χ0v) is 11.2. The summed E-state index contributed by atoms with van der Waals surface area (Å²) in [6.45, 7) is 3.01. The molecule has 0 aliphatic heterocycles. The quantitative estimate of drug-likeness (QED) is 0.614. The van der Waals surface area contributed by atoms with E-state index in [0.29, 0.717) is 17.7 Å². The summed E-state index contributed by atoms with van der Waals surface area (Å²) in [6.07, 6.45) is 0.890. The predicted octanol–water partition coefficient (Wildman–Crippen LogP) is 1.57. The van der Waals surface area contributed by atoms with Gasteiger partial charge in [0.25, 0.3) is 5.91 Å². The van der Waals surface area contributed by atoms with Crippen molar-refractivity contribution in [1.82, 2.24) is 10.2 Å². The average molecular weight is 248 g/mol. The van der Waals surface area contributed by atoms with Crippen LogP contribution in [-0.2, 0) is 0 Å². The highest BCUT2D eigenvalue weighted by Crippen LogP contribution is 2.09. The van der Waals surface area contributed by atoms with Gasteiger partial charge < -0.3 is 10.2 Å². The van der Waals surface area contributed by atoms with Gasteiger partial charge in [0.2, 0.25) is 0 Å². The van der Waals surface area contributed by atoms with E-state index >= 15 is 0 Å². The van der Waals surface area contributed by atoms with Gasteiger partial charge in [0.05, 0.1) is 5.56 Å². The Labute approximate surface area is 108 Å². The lowest BCUT2D eigenvalue weighted by molar-refractivity contribution is 0.0937. The number of carbonyl (C=O) groups excluding carboxylic acids is 2. The van der Waals surface area contributed by atoms with E-state index in [0.717, 1.165) is 13.0 Å². The highest BCUT2D eigenvalue weighted by molar-refractivity contribution is 6.07. The van der Waals surface area contributed by atoms with Crippen molar-refractivity contribution in [3.05, 3.63) is 35.4 Å². The van der Waals surface area contributed by atoms with Gasteiger partial charge in [-0.25, -0.2) is 0 Å². The predicted molar refractivity (Wildman–Crippen MR) is 72.0 cm³/mol. The Balaban J connectivity index is 2.59. The summed E-state index contributed by atoms with van der Waals surface area (Å²) in [5.41, 5.74) is 0.928. The van der Waals surface area contributed by atoms with Gasteiger partial charge in [0, 0.05) is 12.1 Å². The van der Waals surface area contributed by atoms with Crippen molar-refractivity contribution in [2.75, 3.05) is 27.2 Å². The first-order chi connectivity index (χ1) is 8.52. The van der Waals surface area contributed by atoms with Crippen LogP contribution in [0.2, 0.25) is 0 Å². The van der Waals surface area contributed by atoms with Crippen molar-refractivity contribution >= 4 is 11.7 Å². The minimum atomic E-state index is -0.181. The molecule has 1 N–H and O–H groups in total. The van der Waals surface area contributed by atoms with Gasteiger partial charge in [0.1, 0.15) is 0 Å². The number of amides is 1. The molecular formula is C14H20N2O2. The molecule has 1 rings (SSSR count). The topological polar surface area (TPSA) is 49.4 Å². The molecule has 0 saturated heterocycles. The Morgan fingerprint density at radius 1 is 1.17 bits per heavy atom. The molecular weight excluding hydrogens is 228 g/mol. The fourth-order valence-electron chi connectivity index (χ4n) is 1.68. The highest BCUT2D eigenvalue weighted by atomic mass is 16.2. The molecule has 0 aliphatic rings. The summed E-state index contributed by atoms with van der Waals surface area (Å²) < 4.78 is 0. The molecule has 1 aromatic carbocycles. The van der Waals surface area contributed by atoms with Crippen LogP contribution < -0.4 is 5.32 Å². The summed E-state index contributed by atoms with van der Waals surface area (Å²) in [4.78, 5) is 25.4. The maximum Gasteiger partial charge on any atom is 0.252 e. The van der Waals surface area contributed by atoms with Crippen LogP contribution in [0.15, 0.2) is 24.3 Å². The second-order valence-corrected chi connectivity index (χ2v) is 4.51. The summed E-state index contributed by atoms with van der Waals surface area (Å²) >= 11 is 0. The van der Waals surface area contributed by atoms with Crippen LogP contribution in [0.4, 0.5) is 0 Å². The molecule has 98 valence electrons. The Bertz CT molecular complexity index is 428. The van der Waals surface area contributed by atoms with Crippen LogP contribution in [0, 0.1) is 0 Å². The third-order valence-corrected chi connectivity index (χ3v) is 2.62. The van der Waals surface area contributed by atoms with Gasteiger partial charge in [-0.2, -0.15) is 0 Å². The molecule has 1 amide bonds. The molecule has 4 nitrogen and oxygen atoms in total. The number of carbonyl (C=O) groups is 2. The second kappa shape index (κ2) is 6.91. The Morgan fingerprint density at radius 2 is 1.78 bits per heavy atom. The van der Waals surface area contributed by atoms with Crippen LogP contribution >= 0.6 is 0 Å².